The lowest BCUT2D eigenvalue weighted by atomic mass is 9.80. The van der Waals surface area contributed by atoms with E-state index >= 15 is 0 Å². The molecule has 7 aromatic rings. The molecule has 9 rings (SSSR count). The van der Waals surface area contributed by atoms with Crippen molar-refractivity contribution in [2.24, 2.45) is 5.16 Å². The highest BCUT2D eigenvalue weighted by molar-refractivity contribution is 8.01. The third kappa shape index (κ3) is 10.5. The van der Waals surface area contributed by atoms with Crippen molar-refractivity contribution in [2.75, 3.05) is 16.8 Å². The van der Waals surface area contributed by atoms with E-state index in [1.807, 2.05) is 152 Å². The number of carbonyl (C=O) groups is 3. The van der Waals surface area contributed by atoms with Gasteiger partial charge in [-0.3, -0.25) is 19.8 Å². The van der Waals surface area contributed by atoms with Gasteiger partial charge in [0.25, 0.3) is 11.8 Å². The first-order valence-corrected chi connectivity index (χ1v) is 25.5. The predicted octanol–water partition coefficient (Wildman–Crippen LogP) is 9.90. The Morgan fingerprint density at radius 2 is 1.41 bits per heavy atom. The number of oxime groups is 1. The van der Waals surface area contributed by atoms with E-state index in [1.54, 1.807) is 37.2 Å². The number of amides is 3. The lowest BCUT2D eigenvalue weighted by Gasteiger charge is -2.50. The van der Waals surface area contributed by atoms with Gasteiger partial charge in [0, 0.05) is 33.6 Å². The van der Waals surface area contributed by atoms with E-state index < -0.39 is 46.6 Å². The second-order valence-corrected chi connectivity index (χ2v) is 20.3. The molecule has 0 aliphatic carbocycles. The predicted molar refractivity (Wildman–Crippen MR) is 276 cm³/mol. The molecule has 14 nitrogen and oxygen atoms in total. The maximum absolute atomic E-state index is 15.0. The summed E-state index contributed by atoms with van der Waals surface area (Å²) in [5.74, 6) is -0.225. The van der Waals surface area contributed by atoms with E-state index in [0.717, 1.165) is 44.7 Å². The van der Waals surface area contributed by atoms with Crippen molar-refractivity contribution < 1.29 is 28.7 Å². The largest absolute Gasteiger partial charge is 0.469 e. The first-order valence-electron chi connectivity index (χ1n) is 22.1. The molecule has 70 heavy (non-hydrogen) atoms. The number of nitrogens with one attached hydrogen (secondary N) is 3. The second kappa shape index (κ2) is 21.3. The van der Waals surface area contributed by atoms with Crippen LogP contribution in [0.25, 0.3) is 0 Å². The Morgan fingerprint density at radius 1 is 0.857 bits per heavy atom. The van der Waals surface area contributed by atoms with Crippen LogP contribution < -0.4 is 10.6 Å². The Bertz CT molecular complexity index is 2870. The number of aromatic nitrogens is 4. The number of rotatable bonds is 16. The minimum atomic E-state index is -1.36. The van der Waals surface area contributed by atoms with Crippen molar-refractivity contribution in [1.82, 2.24) is 30.6 Å². The number of thiazole rings is 1. The lowest BCUT2D eigenvalue weighted by Crippen LogP contribution is -2.71. The summed E-state index contributed by atoms with van der Waals surface area (Å²) >= 11 is 10.2. The molecule has 2 aliphatic heterocycles. The average molecular weight is 1010 g/mol. The zero-order valence-electron chi connectivity index (χ0n) is 38.1. The molecular weight excluding hydrogens is 961 g/mol. The molecule has 3 N–H and O–H groups in total. The molecule has 5 aromatic carbocycles. The molecule has 0 radical (unpaired) electrons. The van der Waals surface area contributed by atoms with Crippen LogP contribution in [-0.4, -0.2) is 82.5 Å². The molecule has 1 fully saturated rings. The molecule has 0 bridgehead atoms. The Kier molecular flexibility index (Phi) is 14.6. The lowest BCUT2D eigenvalue weighted by molar-refractivity contribution is -0.144. The van der Waals surface area contributed by atoms with Crippen molar-refractivity contribution in [3.8, 4) is 0 Å². The Labute approximate surface area is 422 Å². The van der Waals surface area contributed by atoms with Gasteiger partial charge in [-0.05, 0) is 49.7 Å². The molecule has 0 unspecified atom stereocenters. The number of thiocarbonyl (C=S) groups is 1. The summed E-state index contributed by atoms with van der Waals surface area (Å²) in [6.45, 7) is 5.26. The quantitative estimate of drug-likeness (QED) is 0.0209. The number of aromatic amines is 1. The molecule has 354 valence electrons. The number of ether oxygens (including phenoxy) is 2. The summed E-state index contributed by atoms with van der Waals surface area (Å²) in [5.41, 5.74) is 3.03. The topological polar surface area (TPSA) is 173 Å². The van der Waals surface area contributed by atoms with Crippen molar-refractivity contribution in [2.45, 2.75) is 54.5 Å². The maximum Gasteiger partial charge on any atom is 0.413 e. The van der Waals surface area contributed by atoms with E-state index in [0.29, 0.717) is 22.2 Å². The summed E-state index contributed by atoms with van der Waals surface area (Å²) in [5, 5.41) is 23.1. The summed E-state index contributed by atoms with van der Waals surface area (Å²) in [7, 11) is 0. The number of nitrogens with zero attached hydrogens (tertiary/aromatic N) is 5. The number of hydrogen-bond donors (Lipinski definition) is 3. The number of benzene rings is 5. The molecule has 0 saturated carbocycles. The van der Waals surface area contributed by atoms with Crippen LogP contribution in [-0.2, 0) is 29.5 Å². The number of anilines is 1. The third-order valence-corrected chi connectivity index (χ3v) is 14.5. The number of hydrogen-bond acceptors (Lipinski definition) is 14. The van der Waals surface area contributed by atoms with Crippen LogP contribution in [0.2, 0.25) is 0 Å². The van der Waals surface area contributed by atoms with Crippen molar-refractivity contribution in [3.63, 3.8) is 0 Å². The highest BCUT2D eigenvalue weighted by Crippen LogP contribution is 2.44. The van der Waals surface area contributed by atoms with Crippen molar-refractivity contribution in [3.05, 3.63) is 208 Å². The van der Waals surface area contributed by atoms with Crippen LogP contribution in [0.15, 0.2) is 185 Å². The van der Waals surface area contributed by atoms with Gasteiger partial charge in [-0.1, -0.05) is 169 Å². The van der Waals surface area contributed by atoms with Crippen molar-refractivity contribution in [1.29, 1.82) is 0 Å². The minimum Gasteiger partial charge on any atom is -0.469 e. The zero-order chi connectivity index (χ0) is 48.7. The van der Waals surface area contributed by atoms with Gasteiger partial charge in [-0.25, -0.2) is 9.78 Å². The summed E-state index contributed by atoms with van der Waals surface area (Å²) in [4.78, 5) is 55.5. The van der Waals surface area contributed by atoms with E-state index in [-0.39, 0.29) is 21.6 Å². The zero-order valence-corrected chi connectivity index (χ0v) is 41.3. The number of H-pyrrole nitrogens is 1. The SMILES string of the molecule is CC(C)(C)OC(=O)Nc1nc(/C(=N\OC(c2ccccc2)(c2ccccc2)c2ccccc2)C(=O)N[C@@H]2C(=O)N3C(C(=S)OC(c4ccccc4)c4ccccc4)=C(CSc4cn[nH]n4)CS[C@H]23)cs1. The molecule has 4 heterocycles. The smallest absolute Gasteiger partial charge is 0.413 e. The second-order valence-electron chi connectivity index (χ2n) is 17.0. The fourth-order valence-electron chi connectivity index (χ4n) is 7.99. The molecular formula is C52H46N8O6S4. The standard InChI is InChI=1S/C52H46N8O6S4/c1-51(2,3)65-50(63)56-49-54-39(32-70-49)41(58-66-52(36-23-13-6-14-24-36,37-25-15-7-16-26-37)38-27-17-8-18-28-38)45(61)55-42-46(62)60-43(35(31-69-47(42)60)30-68-40-29-53-59-57-40)48(67)64-44(33-19-9-4-10-20-33)34-21-11-5-12-22-34/h4-29,32,42,44,47H,30-31H2,1-3H3,(H,55,61)(H,53,57,59)(H,54,56,63)/b58-41+/t42-,47-/m1/s1. The maximum atomic E-state index is 15.0. The van der Waals surface area contributed by atoms with Gasteiger partial charge in [-0.2, -0.15) is 10.3 Å². The minimum absolute atomic E-state index is 0.0896. The number of carbonyl (C=O) groups excluding carboxylic acids is 3. The van der Waals surface area contributed by atoms with Gasteiger partial charge in [0.15, 0.2) is 10.8 Å². The Morgan fingerprint density at radius 3 is 1.94 bits per heavy atom. The molecule has 1 saturated heterocycles. The van der Waals surface area contributed by atoms with Crippen LogP contribution >= 0.6 is 47.1 Å². The first kappa shape index (κ1) is 47.9. The van der Waals surface area contributed by atoms with Gasteiger partial charge in [-0.15, -0.1) is 28.2 Å². The highest BCUT2D eigenvalue weighted by Gasteiger charge is 2.54. The molecule has 2 atom stereocenters. The van der Waals surface area contributed by atoms with Crippen LogP contribution in [0.3, 0.4) is 0 Å². The third-order valence-electron chi connectivity index (χ3n) is 11.1. The van der Waals surface area contributed by atoms with Gasteiger partial charge >= 0.3 is 6.09 Å². The van der Waals surface area contributed by atoms with E-state index in [9.17, 15) is 14.4 Å². The molecule has 18 heteroatoms. The number of β-lactam (4-membered cyclic amide) rings is 1. The van der Waals surface area contributed by atoms with Gasteiger partial charge in [0.1, 0.15) is 33.8 Å². The van der Waals surface area contributed by atoms with Crippen LogP contribution in [0.4, 0.5) is 9.93 Å². The van der Waals surface area contributed by atoms with Gasteiger partial charge in [0.05, 0.1) is 11.9 Å². The van der Waals surface area contributed by atoms with Crippen LogP contribution in [0.5, 0.6) is 0 Å². The van der Waals surface area contributed by atoms with Crippen LogP contribution in [0.1, 0.15) is 60.4 Å². The summed E-state index contributed by atoms with van der Waals surface area (Å²) in [6, 6.07) is 47.3. The highest BCUT2D eigenvalue weighted by atomic mass is 32.2. The molecule has 0 spiro atoms. The molecule has 3 amide bonds. The summed E-state index contributed by atoms with van der Waals surface area (Å²) in [6.07, 6.45) is 0.334. The Balaban J connectivity index is 1.06. The molecule has 2 aliphatic rings. The average Bonchev–Trinajstić information content (AvgIpc) is 4.09. The van der Waals surface area contributed by atoms with Gasteiger partial charge in [0.2, 0.25) is 10.7 Å². The normalized spacial score (nSPS) is 16.0. The fraction of sp³-hybridized carbons (Fsp3) is 0.192. The van der Waals surface area contributed by atoms with E-state index in [1.165, 1.54) is 23.5 Å². The van der Waals surface area contributed by atoms with E-state index in [4.69, 9.17) is 26.5 Å². The monoisotopic (exact) mass is 1010 g/mol. The number of fused-ring (bicyclic) bond motifs is 1. The van der Waals surface area contributed by atoms with E-state index in [2.05, 4.69) is 36.2 Å². The van der Waals surface area contributed by atoms with Gasteiger partial charge < -0.3 is 19.6 Å². The fourth-order valence-corrected chi connectivity index (χ4v) is 11.3. The Hall–Kier alpha value is -7.12. The number of thioether (sulfide) groups is 2. The van der Waals surface area contributed by atoms with Crippen LogP contribution in [0, 0.1) is 0 Å². The first-order chi connectivity index (χ1) is 34.0. The van der Waals surface area contributed by atoms with Crippen molar-refractivity contribution >= 4 is 80.9 Å². The summed E-state index contributed by atoms with van der Waals surface area (Å²) < 4.78 is 12.2. The molecule has 2 aromatic heterocycles.